The van der Waals surface area contributed by atoms with E-state index in [9.17, 15) is 0 Å². The highest BCUT2D eigenvalue weighted by Crippen LogP contribution is 2.13. The molecule has 0 radical (unpaired) electrons. The SMILES string of the molecule is CCCCC(/C=C\COC1CCCCO1)OC. The molecule has 1 aliphatic rings. The molecule has 0 spiro atoms. The lowest BCUT2D eigenvalue weighted by Crippen LogP contribution is -2.22. The summed E-state index contributed by atoms with van der Waals surface area (Å²) < 4.78 is 16.5. The highest BCUT2D eigenvalue weighted by molar-refractivity contribution is 4.89. The second-order valence-electron chi connectivity index (χ2n) is 4.47. The van der Waals surface area contributed by atoms with Gasteiger partial charge in [0.25, 0.3) is 0 Å². The van der Waals surface area contributed by atoms with Crippen LogP contribution in [-0.2, 0) is 14.2 Å². The van der Waals surface area contributed by atoms with E-state index in [-0.39, 0.29) is 12.4 Å². The molecular formula is C14H26O3. The van der Waals surface area contributed by atoms with Crippen LogP contribution < -0.4 is 0 Å². The first-order valence-corrected chi connectivity index (χ1v) is 6.79. The fourth-order valence-electron chi connectivity index (χ4n) is 1.91. The van der Waals surface area contributed by atoms with E-state index >= 15 is 0 Å². The average Bonchev–Trinajstić information content (AvgIpc) is 2.39. The Kier molecular flexibility index (Phi) is 8.32. The zero-order valence-electron chi connectivity index (χ0n) is 11.2. The first kappa shape index (κ1) is 14.7. The van der Waals surface area contributed by atoms with Gasteiger partial charge >= 0.3 is 0 Å². The molecule has 2 atom stereocenters. The third kappa shape index (κ3) is 6.81. The Hall–Kier alpha value is -0.380. The van der Waals surface area contributed by atoms with Crippen molar-refractivity contribution in [1.82, 2.24) is 0 Å². The van der Waals surface area contributed by atoms with Crippen LogP contribution >= 0.6 is 0 Å². The Bertz CT molecular complexity index is 198. The van der Waals surface area contributed by atoms with Gasteiger partial charge in [-0.1, -0.05) is 31.9 Å². The van der Waals surface area contributed by atoms with Gasteiger partial charge in [-0.25, -0.2) is 0 Å². The summed E-state index contributed by atoms with van der Waals surface area (Å²) in [6, 6.07) is 0. The molecule has 1 fully saturated rings. The molecule has 0 saturated carbocycles. The van der Waals surface area contributed by atoms with Crippen LogP contribution in [0.5, 0.6) is 0 Å². The lowest BCUT2D eigenvalue weighted by molar-refractivity contribution is -0.155. The predicted octanol–water partition coefficient (Wildman–Crippen LogP) is 3.29. The molecule has 1 heterocycles. The quantitative estimate of drug-likeness (QED) is 0.611. The van der Waals surface area contributed by atoms with Crippen molar-refractivity contribution >= 4 is 0 Å². The highest BCUT2D eigenvalue weighted by atomic mass is 16.7. The van der Waals surface area contributed by atoms with E-state index < -0.39 is 0 Å². The monoisotopic (exact) mass is 242 g/mol. The molecule has 1 saturated heterocycles. The molecule has 0 N–H and O–H groups in total. The molecule has 0 amide bonds. The molecule has 3 heteroatoms. The summed E-state index contributed by atoms with van der Waals surface area (Å²) in [5, 5.41) is 0. The number of ether oxygens (including phenoxy) is 3. The molecule has 0 aromatic heterocycles. The highest BCUT2D eigenvalue weighted by Gasteiger charge is 2.12. The minimum atomic E-state index is 0.00466. The van der Waals surface area contributed by atoms with Gasteiger partial charge in [0, 0.05) is 13.7 Å². The summed E-state index contributed by atoms with van der Waals surface area (Å²) in [6.07, 6.45) is 11.3. The Morgan fingerprint density at radius 2 is 2.29 bits per heavy atom. The first-order chi connectivity index (χ1) is 8.36. The van der Waals surface area contributed by atoms with Crippen LogP contribution in [0.3, 0.4) is 0 Å². The zero-order chi connectivity index (χ0) is 12.3. The van der Waals surface area contributed by atoms with Crippen LogP contribution in [0, 0.1) is 0 Å². The van der Waals surface area contributed by atoms with Crippen LogP contribution in [0.1, 0.15) is 45.4 Å². The third-order valence-corrected chi connectivity index (χ3v) is 3.01. The number of methoxy groups -OCH3 is 1. The van der Waals surface area contributed by atoms with E-state index in [1.807, 2.05) is 6.08 Å². The maximum atomic E-state index is 5.62. The fourth-order valence-corrected chi connectivity index (χ4v) is 1.91. The van der Waals surface area contributed by atoms with Crippen LogP contribution in [0.2, 0.25) is 0 Å². The molecule has 1 aliphatic heterocycles. The summed E-state index contributed by atoms with van der Waals surface area (Å²) in [5.41, 5.74) is 0. The van der Waals surface area contributed by atoms with Gasteiger partial charge in [0.2, 0.25) is 0 Å². The Morgan fingerprint density at radius 1 is 1.41 bits per heavy atom. The van der Waals surface area contributed by atoms with E-state index in [2.05, 4.69) is 13.0 Å². The fraction of sp³-hybridized carbons (Fsp3) is 0.857. The second kappa shape index (κ2) is 9.63. The Morgan fingerprint density at radius 3 is 2.94 bits per heavy atom. The normalized spacial score (nSPS) is 23.1. The molecule has 100 valence electrons. The van der Waals surface area contributed by atoms with Gasteiger partial charge in [-0.15, -0.1) is 0 Å². The van der Waals surface area contributed by atoms with Gasteiger partial charge in [-0.05, 0) is 25.7 Å². The smallest absolute Gasteiger partial charge is 0.157 e. The van der Waals surface area contributed by atoms with Crippen molar-refractivity contribution in [3.63, 3.8) is 0 Å². The molecule has 0 aromatic carbocycles. The van der Waals surface area contributed by atoms with Crippen LogP contribution in [0.25, 0.3) is 0 Å². The lowest BCUT2D eigenvalue weighted by Gasteiger charge is -2.22. The van der Waals surface area contributed by atoms with Gasteiger partial charge in [-0.2, -0.15) is 0 Å². The van der Waals surface area contributed by atoms with Crippen molar-refractivity contribution in [2.75, 3.05) is 20.3 Å². The van der Waals surface area contributed by atoms with Gasteiger partial charge in [-0.3, -0.25) is 0 Å². The molecule has 0 bridgehead atoms. The van der Waals surface area contributed by atoms with Crippen molar-refractivity contribution in [2.24, 2.45) is 0 Å². The van der Waals surface area contributed by atoms with Gasteiger partial charge < -0.3 is 14.2 Å². The van der Waals surface area contributed by atoms with Crippen molar-refractivity contribution in [3.8, 4) is 0 Å². The topological polar surface area (TPSA) is 27.7 Å². The van der Waals surface area contributed by atoms with Crippen molar-refractivity contribution in [2.45, 2.75) is 57.8 Å². The van der Waals surface area contributed by atoms with Crippen molar-refractivity contribution in [3.05, 3.63) is 12.2 Å². The van der Waals surface area contributed by atoms with Crippen LogP contribution in [-0.4, -0.2) is 32.7 Å². The largest absolute Gasteiger partial charge is 0.377 e. The van der Waals surface area contributed by atoms with Crippen LogP contribution in [0.15, 0.2) is 12.2 Å². The molecule has 17 heavy (non-hydrogen) atoms. The van der Waals surface area contributed by atoms with Crippen LogP contribution in [0.4, 0.5) is 0 Å². The summed E-state index contributed by atoms with van der Waals surface area (Å²) in [5.74, 6) is 0. The summed E-state index contributed by atoms with van der Waals surface area (Å²) in [4.78, 5) is 0. The Balaban J connectivity index is 2.09. The van der Waals surface area contributed by atoms with Crippen molar-refractivity contribution < 1.29 is 14.2 Å². The van der Waals surface area contributed by atoms with Gasteiger partial charge in [0.05, 0.1) is 12.7 Å². The van der Waals surface area contributed by atoms with E-state index in [0.717, 1.165) is 19.4 Å². The van der Waals surface area contributed by atoms with Crippen molar-refractivity contribution in [1.29, 1.82) is 0 Å². The average molecular weight is 242 g/mol. The maximum absolute atomic E-state index is 5.62. The van der Waals surface area contributed by atoms with E-state index in [0.29, 0.717) is 6.61 Å². The first-order valence-electron chi connectivity index (χ1n) is 6.79. The van der Waals surface area contributed by atoms with E-state index in [1.54, 1.807) is 7.11 Å². The minimum Gasteiger partial charge on any atom is -0.377 e. The number of hydrogen-bond acceptors (Lipinski definition) is 3. The zero-order valence-corrected chi connectivity index (χ0v) is 11.2. The van der Waals surface area contributed by atoms with Gasteiger partial charge in [0.1, 0.15) is 0 Å². The number of rotatable bonds is 8. The summed E-state index contributed by atoms with van der Waals surface area (Å²) >= 11 is 0. The minimum absolute atomic E-state index is 0.00466. The summed E-state index contributed by atoms with van der Waals surface area (Å²) in [6.45, 7) is 3.65. The third-order valence-electron chi connectivity index (χ3n) is 3.01. The van der Waals surface area contributed by atoms with E-state index in [4.69, 9.17) is 14.2 Å². The predicted molar refractivity (Wildman–Crippen MR) is 69.0 cm³/mol. The molecule has 2 unspecified atom stereocenters. The molecule has 0 aromatic rings. The molecule has 3 nitrogen and oxygen atoms in total. The number of unbranched alkanes of at least 4 members (excludes halogenated alkanes) is 1. The number of hydrogen-bond donors (Lipinski definition) is 0. The standard InChI is InChI=1S/C14H26O3/c1-3-4-8-13(15-2)9-7-12-17-14-10-5-6-11-16-14/h7,9,13-14H,3-6,8,10-12H2,1-2H3/b9-7-. The Labute approximate surface area is 105 Å². The summed E-state index contributed by atoms with van der Waals surface area (Å²) in [7, 11) is 1.76. The second-order valence-corrected chi connectivity index (χ2v) is 4.47. The molecular weight excluding hydrogens is 216 g/mol. The lowest BCUT2D eigenvalue weighted by atomic mass is 10.1. The molecule has 1 rings (SSSR count). The maximum Gasteiger partial charge on any atom is 0.157 e. The van der Waals surface area contributed by atoms with Gasteiger partial charge in [0.15, 0.2) is 6.29 Å². The van der Waals surface area contributed by atoms with E-state index in [1.165, 1.54) is 25.7 Å². The molecule has 0 aliphatic carbocycles.